The molecule has 154 valence electrons. The van der Waals surface area contributed by atoms with E-state index in [1.807, 2.05) is 19.9 Å². The van der Waals surface area contributed by atoms with E-state index in [1.165, 1.54) is 19.2 Å². The number of methoxy groups -OCH3 is 1. The minimum absolute atomic E-state index is 0.0179. The molecule has 2 rings (SSSR count). The molecule has 0 atom stereocenters. The van der Waals surface area contributed by atoms with Gasteiger partial charge >= 0.3 is 5.97 Å². The van der Waals surface area contributed by atoms with Gasteiger partial charge in [-0.3, -0.25) is 0 Å². The van der Waals surface area contributed by atoms with Crippen LogP contribution in [0.2, 0.25) is 0 Å². The van der Waals surface area contributed by atoms with Crippen molar-refractivity contribution in [2.75, 3.05) is 20.4 Å². The molecule has 0 aromatic heterocycles. The molecule has 0 bridgehead atoms. The molecule has 0 aliphatic carbocycles. The Balaban J connectivity index is 2.60. The maximum atomic E-state index is 13.1. The fourth-order valence-corrected chi connectivity index (χ4v) is 2.69. The van der Waals surface area contributed by atoms with Gasteiger partial charge in [-0.05, 0) is 49.6 Å². The van der Waals surface area contributed by atoms with Crippen molar-refractivity contribution in [2.24, 2.45) is 0 Å². The summed E-state index contributed by atoms with van der Waals surface area (Å²) in [5.41, 5.74) is 2.41. The second-order valence-electron chi connectivity index (χ2n) is 6.57. The van der Waals surface area contributed by atoms with Gasteiger partial charge in [-0.15, -0.1) is 0 Å². The molecule has 6 heteroatoms. The van der Waals surface area contributed by atoms with Crippen LogP contribution in [0.1, 0.15) is 40.9 Å². The van der Waals surface area contributed by atoms with E-state index >= 15 is 0 Å². The lowest BCUT2D eigenvalue weighted by atomic mass is 9.97. The first-order valence-corrected chi connectivity index (χ1v) is 9.10. The number of rotatable bonds is 8. The monoisotopic (exact) mass is 402 g/mol. The van der Waals surface area contributed by atoms with Gasteiger partial charge in [-0.2, -0.15) is 0 Å². The molecule has 0 aliphatic heterocycles. The van der Waals surface area contributed by atoms with E-state index in [0.717, 1.165) is 5.57 Å². The summed E-state index contributed by atoms with van der Waals surface area (Å²) in [7, 11) is 1.22. The number of phenolic OH excluding ortho intramolecular Hbond substituents is 1. The number of carbonyl (C=O) groups excluding carboxylic acids is 1. The first-order valence-electron chi connectivity index (χ1n) is 9.10. The summed E-state index contributed by atoms with van der Waals surface area (Å²) >= 11 is 0. The van der Waals surface area contributed by atoms with Crippen LogP contribution in [0.3, 0.4) is 0 Å². The SMILES string of the molecule is COC(=O)c1c(C=Cc2ccc(F)cc2)cc(OCCF)c(CC=C(C)C)c1O. The summed E-state index contributed by atoms with van der Waals surface area (Å²) in [6, 6.07) is 7.35. The van der Waals surface area contributed by atoms with Gasteiger partial charge in [0.1, 0.15) is 36.2 Å². The fourth-order valence-electron chi connectivity index (χ4n) is 2.69. The first-order chi connectivity index (χ1) is 13.9. The van der Waals surface area contributed by atoms with Crippen LogP contribution in [0.25, 0.3) is 12.2 Å². The Morgan fingerprint density at radius 3 is 2.45 bits per heavy atom. The van der Waals surface area contributed by atoms with Crippen molar-refractivity contribution < 1.29 is 28.2 Å². The van der Waals surface area contributed by atoms with Crippen LogP contribution in [0.5, 0.6) is 11.5 Å². The van der Waals surface area contributed by atoms with Crippen LogP contribution in [-0.2, 0) is 11.2 Å². The molecule has 2 aromatic rings. The predicted octanol–water partition coefficient (Wildman–Crippen LogP) is 5.35. The zero-order valence-electron chi connectivity index (χ0n) is 16.7. The van der Waals surface area contributed by atoms with Gasteiger partial charge in [0.2, 0.25) is 0 Å². The van der Waals surface area contributed by atoms with Crippen molar-refractivity contribution in [1.29, 1.82) is 0 Å². The molecule has 29 heavy (non-hydrogen) atoms. The van der Waals surface area contributed by atoms with Crippen LogP contribution < -0.4 is 4.74 Å². The van der Waals surface area contributed by atoms with Gasteiger partial charge in [-0.1, -0.05) is 35.9 Å². The quantitative estimate of drug-likeness (QED) is 0.368. The first kappa shape index (κ1) is 22.1. The van der Waals surface area contributed by atoms with Crippen molar-refractivity contribution in [2.45, 2.75) is 20.3 Å². The number of aromatic hydroxyl groups is 1. The van der Waals surface area contributed by atoms with E-state index in [-0.39, 0.29) is 29.5 Å². The Morgan fingerprint density at radius 2 is 1.86 bits per heavy atom. The van der Waals surface area contributed by atoms with Crippen molar-refractivity contribution in [3.63, 3.8) is 0 Å². The number of hydrogen-bond acceptors (Lipinski definition) is 4. The zero-order valence-corrected chi connectivity index (χ0v) is 16.7. The maximum absolute atomic E-state index is 13.1. The minimum Gasteiger partial charge on any atom is -0.507 e. The van der Waals surface area contributed by atoms with Crippen LogP contribution in [0.15, 0.2) is 42.0 Å². The second kappa shape index (κ2) is 10.4. The third kappa shape index (κ3) is 5.91. The van der Waals surface area contributed by atoms with E-state index in [0.29, 0.717) is 23.1 Å². The number of ether oxygens (including phenoxy) is 2. The zero-order chi connectivity index (χ0) is 21.4. The highest BCUT2D eigenvalue weighted by molar-refractivity contribution is 5.98. The van der Waals surface area contributed by atoms with E-state index in [9.17, 15) is 18.7 Å². The Labute approximate surface area is 169 Å². The molecule has 0 saturated carbocycles. The topological polar surface area (TPSA) is 55.8 Å². The Morgan fingerprint density at radius 1 is 1.17 bits per heavy atom. The van der Waals surface area contributed by atoms with Crippen molar-refractivity contribution in [1.82, 2.24) is 0 Å². The van der Waals surface area contributed by atoms with Crippen LogP contribution in [-0.4, -0.2) is 31.5 Å². The number of allylic oxidation sites excluding steroid dienone is 2. The Kier molecular flexibility index (Phi) is 7.95. The van der Waals surface area contributed by atoms with Crippen molar-refractivity contribution in [3.05, 3.63) is 70.1 Å². The largest absolute Gasteiger partial charge is 0.507 e. The molecule has 0 saturated heterocycles. The summed E-state index contributed by atoms with van der Waals surface area (Å²) in [5.74, 6) is -1.06. The number of phenols is 1. The summed E-state index contributed by atoms with van der Waals surface area (Å²) in [4.78, 5) is 12.3. The standard InChI is InChI=1S/C23H24F2O4/c1-15(2)4-11-19-20(29-13-12-24)14-17(21(22(19)26)23(27)28-3)8-5-16-6-9-18(25)10-7-16/h4-10,14,26H,11-13H2,1-3H3. The van der Waals surface area contributed by atoms with Crippen LogP contribution in [0, 0.1) is 5.82 Å². The van der Waals surface area contributed by atoms with Gasteiger partial charge in [0.05, 0.1) is 7.11 Å². The fraction of sp³-hybridized carbons (Fsp3) is 0.261. The van der Waals surface area contributed by atoms with E-state index in [2.05, 4.69) is 0 Å². The molecule has 2 aromatic carbocycles. The molecule has 0 fully saturated rings. The highest BCUT2D eigenvalue weighted by atomic mass is 19.1. The lowest BCUT2D eigenvalue weighted by Gasteiger charge is -2.16. The highest BCUT2D eigenvalue weighted by Gasteiger charge is 2.23. The van der Waals surface area contributed by atoms with Crippen LogP contribution >= 0.6 is 0 Å². The molecule has 0 unspecified atom stereocenters. The smallest absolute Gasteiger partial charge is 0.342 e. The van der Waals surface area contributed by atoms with Gasteiger partial charge in [0.25, 0.3) is 0 Å². The molecular formula is C23H24F2O4. The van der Waals surface area contributed by atoms with Crippen molar-refractivity contribution in [3.8, 4) is 11.5 Å². The van der Waals surface area contributed by atoms with Crippen molar-refractivity contribution >= 4 is 18.1 Å². The van der Waals surface area contributed by atoms with E-state index in [1.54, 1.807) is 30.4 Å². The minimum atomic E-state index is -0.711. The Bertz CT molecular complexity index is 911. The molecule has 1 N–H and O–H groups in total. The lowest BCUT2D eigenvalue weighted by Crippen LogP contribution is -2.09. The third-order valence-electron chi connectivity index (χ3n) is 4.16. The molecule has 0 aliphatic rings. The van der Waals surface area contributed by atoms with Gasteiger partial charge in [0.15, 0.2) is 0 Å². The van der Waals surface area contributed by atoms with E-state index in [4.69, 9.17) is 9.47 Å². The van der Waals surface area contributed by atoms with Gasteiger partial charge in [0, 0.05) is 5.56 Å². The molecule has 0 spiro atoms. The Hall–Kier alpha value is -3.15. The predicted molar refractivity (Wildman–Crippen MR) is 109 cm³/mol. The summed E-state index contributed by atoms with van der Waals surface area (Å²) in [5, 5.41) is 10.8. The number of carbonyl (C=O) groups is 1. The number of halogens is 2. The van der Waals surface area contributed by atoms with Gasteiger partial charge < -0.3 is 14.6 Å². The lowest BCUT2D eigenvalue weighted by molar-refractivity contribution is 0.0597. The van der Waals surface area contributed by atoms with E-state index < -0.39 is 12.6 Å². The molecule has 0 amide bonds. The number of alkyl halides is 1. The highest BCUT2D eigenvalue weighted by Crippen LogP contribution is 2.37. The maximum Gasteiger partial charge on any atom is 0.342 e. The molecule has 4 nitrogen and oxygen atoms in total. The summed E-state index contributed by atoms with van der Waals surface area (Å²) in [6.07, 6.45) is 5.43. The molecule has 0 radical (unpaired) electrons. The third-order valence-corrected chi connectivity index (χ3v) is 4.16. The van der Waals surface area contributed by atoms with Gasteiger partial charge in [-0.25, -0.2) is 13.6 Å². The normalized spacial score (nSPS) is 10.8. The summed E-state index contributed by atoms with van der Waals surface area (Å²) in [6.45, 7) is 2.93. The van der Waals surface area contributed by atoms with Crippen LogP contribution in [0.4, 0.5) is 8.78 Å². The second-order valence-corrected chi connectivity index (χ2v) is 6.57. The average molecular weight is 402 g/mol. The number of hydrogen-bond donors (Lipinski definition) is 1. The molecular weight excluding hydrogens is 378 g/mol. The molecule has 0 heterocycles. The average Bonchev–Trinajstić information content (AvgIpc) is 2.70. The number of benzene rings is 2. The number of esters is 1. The summed E-state index contributed by atoms with van der Waals surface area (Å²) < 4.78 is 36.1.